The molecule has 0 aliphatic carbocycles. The number of benzene rings is 2. The predicted octanol–water partition coefficient (Wildman–Crippen LogP) is 4.63. The molecule has 170 valence electrons. The quantitative estimate of drug-likeness (QED) is 0.450. The Kier molecular flexibility index (Phi) is 5.16. The second-order valence-electron chi connectivity index (χ2n) is 8.68. The minimum Gasteiger partial charge on any atom is -0.490 e. The van der Waals surface area contributed by atoms with Gasteiger partial charge in [-0.05, 0) is 55.7 Å². The van der Waals surface area contributed by atoms with E-state index in [0.717, 1.165) is 28.5 Å². The van der Waals surface area contributed by atoms with Crippen LogP contribution in [0.2, 0.25) is 5.15 Å². The van der Waals surface area contributed by atoms with E-state index in [1.54, 1.807) is 25.1 Å². The molecule has 2 aliphatic heterocycles. The lowest BCUT2D eigenvalue weighted by Crippen LogP contribution is -2.40. The summed E-state index contributed by atoms with van der Waals surface area (Å²) in [7, 11) is 0. The number of rotatable bonds is 3. The summed E-state index contributed by atoms with van der Waals surface area (Å²) in [6, 6.07) is 10.7. The van der Waals surface area contributed by atoms with E-state index in [-0.39, 0.29) is 17.6 Å². The molecule has 0 radical (unpaired) electrons. The third kappa shape index (κ3) is 3.56. The zero-order chi connectivity index (χ0) is 23.3. The topological polar surface area (TPSA) is 80.8 Å². The summed E-state index contributed by atoms with van der Waals surface area (Å²) in [5.41, 5.74) is 3.00. The van der Waals surface area contributed by atoms with E-state index in [0.29, 0.717) is 35.8 Å². The Balaban J connectivity index is 1.46. The van der Waals surface area contributed by atoms with Gasteiger partial charge in [0, 0.05) is 17.4 Å². The fourth-order valence-corrected chi connectivity index (χ4v) is 4.49. The second kappa shape index (κ2) is 7.92. The van der Waals surface area contributed by atoms with Crippen molar-refractivity contribution >= 4 is 34.4 Å². The van der Waals surface area contributed by atoms with Crippen molar-refractivity contribution in [3.63, 3.8) is 0 Å². The van der Waals surface area contributed by atoms with Crippen LogP contribution in [0.3, 0.4) is 0 Å². The van der Waals surface area contributed by atoms with Crippen LogP contribution in [0.5, 0.6) is 11.5 Å². The van der Waals surface area contributed by atoms with E-state index in [1.807, 2.05) is 32.0 Å². The highest BCUT2D eigenvalue weighted by Crippen LogP contribution is 2.37. The highest BCUT2D eigenvalue weighted by Gasteiger charge is 2.49. The van der Waals surface area contributed by atoms with Crippen LogP contribution in [-0.2, 0) is 16.9 Å². The van der Waals surface area contributed by atoms with Gasteiger partial charge < -0.3 is 14.8 Å². The molecule has 3 aromatic rings. The largest absolute Gasteiger partial charge is 0.490 e. The van der Waals surface area contributed by atoms with Crippen molar-refractivity contribution in [2.24, 2.45) is 0 Å². The Morgan fingerprint density at radius 2 is 1.85 bits per heavy atom. The molecule has 3 heterocycles. The molecule has 0 unspecified atom stereocenters. The zero-order valence-corrected chi connectivity index (χ0v) is 19.5. The van der Waals surface area contributed by atoms with Gasteiger partial charge in [0.05, 0.1) is 25.3 Å². The number of pyridine rings is 1. The van der Waals surface area contributed by atoms with E-state index in [9.17, 15) is 9.59 Å². The van der Waals surface area contributed by atoms with Crippen LogP contribution in [0.15, 0.2) is 36.4 Å². The number of aromatic nitrogens is 1. The lowest BCUT2D eigenvalue weighted by molar-refractivity contribution is -0.131. The summed E-state index contributed by atoms with van der Waals surface area (Å²) in [6.45, 7) is 6.85. The lowest BCUT2D eigenvalue weighted by atomic mass is 9.91. The maximum absolute atomic E-state index is 13.5. The number of hydrogen-bond acceptors (Lipinski definition) is 5. The first-order valence-electron chi connectivity index (χ1n) is 10.9. The number of fused-ring (bicyclic) bond motifs is 2. The summed E-state index contributed by atoms with van der Waals surface area (Å²) in [4.78, 5) is 32.1. The van der Waals surface area contributed by atoms with Crippen molar-refractivity contribution in [1.29, 1.82) is 0 Å². The zero-order valence-electron chi connectivity index (χ0n) is 18.7. The van der Waals surface area contributed by atoms with E-state index < -0.39 is 11.6 Å². The number of ether oxygens (including phenoxy) is 2. The van der Waals surface area contributed by atoms with Gasteiger partial charge in [0.2, 0.25) is 0 Å². The molecular weight excluding hydrogens is 442 g/mol. The minimum absolute atomic E-state index is 0.0273. The van der Waals surface area contributed by atoms with Gasteiger partial charge >= 0.3 is 6.03 Å². The standard InChI is InChI=1S/C25H24ClN3O4/c1-14-5-6-16-11-17(22(26)27-21(16)15(14)2)13-29-23(30)25(3,28-24(29)31)18-7-8-19-20(12-18)33-10-4-9-32-19/h5-8,11-12H,4,9-10,13H2,1-3H3,(H,28,31)/t25-/m0/s1. The maximum Gasteiger partial charge on any atom is 0.325 e. The third-order valence-electron chi connectivity index (χ3n) is 6.47. The summed E-state index contributed by atoms with van der Waals surface area (Å²) >= 11 is 6.47. The van der Waals surface area contributed by atoms with Gasteiger partial charge in [0.25, 0.3) is 5.91 Å². The van der Waals surface area contributed by atoms with Crippen LogP contribution in [0, 0.1) is 13.8 Å². The van der Waals surface area contributed by atoms with Gasteiger partial charge in [-0.2, -0.15) is 0 Å². The van der Waals surface area contributed by atoms with E-state index in [4.69, 9.17) is 21.1 Å². The molecule has 5 rings (SSSR count). The average Bonchev–Trinajstić information content (AvgIpc) is 2.95. The Labute approximate surface area is 196 Å². The molecule has 1 fully saturated rings. The average molecular weight is 466 g/mol. The monoisotopic (exact) mass is 465 g/mol. The number of carbonyl (C=O) groups excluding carboxylic acids is 2. The Morgan fingerprint density at radius 1 is 1.09 bits per heavy atom. The molecule has 0 spiro atoms. The first-order valence-corrected chi connectivity index (χ1v) is 11.3. The van der Waals surface area contributed by atoms with Crippen LogP contribution >= 0.6 is 11.6 Å². The van der Waals surface area contributed by atoms with Crippen molar-refractivity contribution < 1.29 is 19.1 Å². The van der Waals surface area contributed by atoms with Gasteiger partial charge in [-0.25, -0.2) is 9.78 Å². The van der Waals surface area contributed by atoms with Gasteiger partial charge in [-0.3, -0.25) is 9.69 Å². The first-order chi connectivity index (χ1) is 15.8. The molecule has 8 heteroatoms. The number of imide groups is 1. The molecule has 2 aliphatic rings. The van der Waals surface area contributed by atoms with Crippen LogP contribution < -0.4 is 14.8 Å². The van der Waals surface area contributed by atoms with Crippen molar-refractivity contribution in [3.05, 3.63) is 63.8 Å². The fraction of sp³-hybridized carbons (Fsp3) is 0.320. The third-order valence-corrected chi connectivity index (χ3v) is 6.79. The Bertz CT molecular complexity index is 1310. The van der Waals surface area contributed by atoms with Crippen LogP contribution in [0.4, 0.5) is 4.79 Å². The van der Waals surface area contributed by atoms with E-state index >= 15 is 0 Å². The molecule has 3 amide bonds. The lowest BCUT2D eigenvalue weighted by Gasteiger charge is -2.23. The summed E-state index contributed by atoms with van der Waals surface area (Å²) in [5.74, 6) is 0.838. The molecule has 2 aromatic carbocycles. The minimum atomic E-state index is -1.23. The first kappa shape index (κ1) is 21.5. The van der Waals surface area contributed by atoms with Crippen LogP contribution in [0.25, 0.3) is 10.9 Å². The van der Waals surface area contributed by atoms with Crippen LogP contribution in [-0.4, -0.2) is 35.0 Å². The smallest absolute Gasteiger partial charge is 0.325 e. The van der Waals surface area contributed by atoms with Crippen molar-refractivity contribution in [1.82, 2.24) is 15.2 Å². The normalized spacial score (nSPS) is 20.2. The Morgan fingerprint density at radius 3 is 2.64 bits per heavy atom. The summed E-state index contributed by atoms with van der Waals surface area (Å²) < 4.78 is 11.4. The van der Waals surface area contributed by atoms with Crippen molar-refractivity contribution in [3.8, 4) is 11.5 Å². The molecule has 1 atom stereocenters. The van der Waals surface area contributed by atoms with Gasteiger partial charge in [0.1, 0.15) is 10.7 Å². The predicted molar refractivity (Wildman–Crippen MR) is 125 cm³/mol. The molecule has 0 bridgehead atoms. The molecule has 0 saturated carbocycles. The van der Waals surface area contributed by atoms with Gasteiger partial charge in [-0.15, -0.1) is 0 Å². The number of carbonyl (C=O) groups is 2. The summed E-state index contributed by atoms with van der Waals surface area (Å²) in [5, 5.41) is 4.03. The number of urea groups is 1. The maximum atomic E-state index is 13.5. The number of nitrogens with one attached hydrogen (secondary N) is 1. The molecule has 33 heavy (non-hydrogen) atoms. The van der Waals surface area contributed by atoms with Crippen molar-refractivity contribution in [2.45, 2.75) is 39.3 Å². The molecule has 1 aromatic heterocycles. The van der Waals surface area contributed by atoms with Gasteiger partial charge in [0.15, 0.2) is 11.5 Å². The number of nitrogens with zero attached hydrogens (tertiary/aromatic N) is 2. The number of amides is 3. The number of hydrogen-bond donors (Lipinski definition) is 1. The number of aryl methyl sites for hydroxylation is 2. The van der Waals surface area contributed by atoms with E-state index in [2.05, 4.69) is 10.3 Å². The second-order valence-corrected chi connectivity index (χ2v) is 9.03. The van der Waals surface area contributed by atoms with Crippen LogP contribution in [0.1, 0.15) is 35.6 Å². The highest BCUT2D eigenvalue weighted by atomic mass is 35.5. The fourth-order valence-electron chi connectivity index (χ4n) is 4.30. The van der Waals surface area contributed by atoms with Crippen molar-refractivity contribution in [2.75, 3.05) is 13.2 Å². The molecule has 1 N–H and O–H groups in total. The molecule has 1 saturated heterocycles. The van der Waals surface area contributed by atoms with E-state index in [1.165, 1.54) is 4.90 Å². The van der Waals surface area contributed by atoms with Gasteiger partial charge in [-0.1, -0.05) is 29.8 Å². The SMILES string of the molecule is Cc1ccc2cc(CN3C(=O)N[C@@](C)(c4ccc5c(c4)OCCCO5)C3=O)c(Cl)nc2c1C. The highest BCUT2D eigenvalue weighted by molar-refractivity contribution is 6.30. The Hall–Kier alpha value is -3.32. The molecule has 7 nitrogen and oxygen atoms in total. The summed E-state index contributed by atoms with van der Waals surface area (Å²) in [6.07, 6.45) is 0.782. The molecular formula is C25H24ClN3O4. The number of halogens is 1.